The van der Waals surface area contributed by atoms with E-state index in [4.69, 9.17) is 0 Å². The van der Waals surface area contributed by atoms with E-state index in [-0.39, 0.29) is 0 Å². The average Bonchev–Trinajstić information content (AvgIpc) is 2.96. The van der Waals surface area contributed by atoms with Gasteiger partial charge in [0.05, 0.1) is 10.2 Å². The summed E-state index contributed by atoms with van der Waals surface area (Å²) in [5.41, 5.74) is 1.03. The van der Waals surface area contributed by atoms with Crippen LogP contribution in [0.1, 0.15) is 5.82 Å². The van der Waals surface area contributed by atoms with E-state index in [0.717, 1.165) is 23.6 Å². The van der Waals surface area contributed by atoms with Crippen LogP contribution in [0.15, 0.2) is 35.2 Å². The van der Waals surface area contributed by atoms with Crippen molar-refractivity contribution in [2.24, 2.45) is 0 Å². The number of hydrogen-bond donors (Lipinski definition) is 1. The Balaban J connectivity index is 1.65. The van der Waals surface area contributed by atoms with E-state index in [1.54, 1.807) is 11.3 Å². The van der Waals surface area contributed by atoms with Gasteiger partial charge in [-0.2, -0.15) is 4.98 Å². The van der Waals surface area contributed by atoms with Gasteiger partial charge in [-0.15, -0.1) is 0 Å². The Morgan fingerprint density at radius 2 is 2.24 bits per heavy atom. The Kier molecular flexibility index (Phi) is 2.71. The van der Waals surface area contributed by atoms with Crippen molar-refractivity contribution in [3.63, 3.8) is 0 Å². The fraction of sp³-hybridized carbons (Fsp3) is 0.182. The van der Waals surface area contributed by atoms with Gasteiger partial charge >= 0.3 is 0 Å². The number of aromatic nitrogens is 3. The third-order valence-electron chi connectivity index (χ3n) is 2.33. The maximum absolute atomic E-state index is 4.66. The summed E-state index contributed by atoms with van der Waals surface area (Å²) in [6.45, 7) is 0.749. The smallest absolute Gasteiger partial charge is 0.213 e. The highest BCUT2D eigenvalue weighted by Gasteiger charge is 2.03. The van der Waals surface area contributed by atoms with Gasteiger partial charge < -0.3 is 9.84 Å². The molecule has 0 atom stereocenters. The first-order valence-corrected chi connectivity index (χ1v) is 6.08. The number of thiazole rings is 1. The summed E-state index contributed by atoms with van der Waals surface area (Å²) in [7, 11) is 0. The lowest BCUT2D eigenvalue weighted by Gasteiger charge is -1.97. The van der Waals surface area contributed by atoms with Gasteiger partial charge in [0.2, 0.25) is 6.39 Å². The van der Waals surface area contributed by atoms with E-state index in [2.05, 4.69) is 31.0 Å². The topological polar surface area (TPSA) is 63.8 Å². The van der Waals surface area contributed by atoms with Crippen LogP contribution in [0.3, 0.4) is 0 Å². The molecule has 0 amide bonds. The third kappa shape index (κ3) is 2.26. The molecule has 2 aromatic heterocycles. The van der Waals surface area contributed by atoms with Crippen LogP contribution >= 0.6 is 11.3 Å². The second-order valence-corrected chi connectivity index (χ2v) is 4.54. The van der Waals surface area contributed by atoms with Crippen molar-refractivity contribution in [1.29, 1.82) is 0 Å². The van der Waals surface area contributed by atoms with Gasteiger partial charge in [-0.3, -0.25) is 0 Å². The first kappa shape index (κ1) is 10.2. The van der Waals surface area contributed by atoms with Crippen LogP contribution in [0, 0.1) is 0 Å². The van der Waals surface area contributed by atoms with E-state index >= 15 is 0 Å². The van der Waals surface area contributed by atoms with Gasteiger partial charge in [0.15, 0.2) is 11.0 Å². The molecular weight excluding hydrogens is 236 g/mol. The third-order valence-corrected chi connectivity index (χ3v) is 3.32. The number of fused-ring (bicyclic) bond motifs is 1. The van der Waals surface area contributed by atoms with E-state index < -0.39 is 0 Å². The van der Waals surface area contributed by atoms with E-state index in [0.29, 0.717) is 5.82 Å². The maximum Gasteiger partial charge on any atom is 0.213 e. The lowest BCUT2D eigenvalue weighted by molar-refractivity contribution is 0.410. The van der Waals surface area contributed by atoms with Crippen molar-refractivity contribution in [3.8, 4) is 0 Å². The largest absolute Gasteiger partial charge is 0.361 e. The van der Waals surface area contributed by atoms with Crippen LogP contribution in [-0.4, -0.2) is 21.7 Å². The van der Waals surface area contributed by atoms with Gasteiger partial charge in [-0.25, -0.2) is 4.98 Å². The molecule has 1 aromatic carbocycles. The molecule has 0 fully saturated rings. The molecular formula is C11H10N4OS. The van der Waals surface area contributed by atoms with Crippen LogP contribution in [0.5, 0.6) is 0 Å². The molecule has 0 aliphatic carbocycles. The molecule has 0 saturated carbocycles. The van der Waals surface area contributed by atoms with Gasteiger partial charge in [-0.05, 0) is 12.1 Å². The molecule has 5 nitrogen and oxygen atoms in total. The molecule has 0 spiro atoms. The minimum Gasteiger partial charge on any atom is -0.361 e. The zero-order valence-electron chi connectivity index (χ0n) is 8.96. The van der Waals surface area contributed by atoms with Crippen molar-refractivity contribution in [1.82, 2.24) is 15.1 Å². The molecule has 0 aliphatic rings. The van der Waals surface area contributed by atoms with Crippen LogP contribution in [0.2, 0.25) is 0 Å². The molecule has 0 saturated heterocycles. The first-order chi connectivity index (χ1) is 8.42. The number of hydrogen-bond acceptors (Lipinski definition) is 6. The Morgan fingerprint density at radius 1 is 1.29 bits per heavy atom. The zero-order valence-corrected chi connectivity index (χ0v) is 9.78. The summed E-state index contributed by atoms with van der Waals surface area (Å²) in [6, 6.07) is 8.09. The van der Waals surface area contributed by atoms with Gasteiger partial charge in [-0.1, -0.05) is 28.6 Å². The summed E-state index contributed by atoms with van der Waals surface area (Å²) >= 11 is 1.65. The van der Waals surface area contributed by atoms with Crippen LogP contribution in [0.25, 0.3) is 10.2 Å². The zero-order chi connectivity index (χ0) is 11.5. The first-order valence-electron chi connectivity index (χ1n) is 5.26. The van der Waals surface area contributed by atoms with E-state index in [1.165, 1.54) is 11.1 Å². The highest BCUT2D eigenvalue weighted by atomic mass is 32.1. The second-order valence-electron chi connectivity index (χ2n) is 3.51. The summed E-state index contributed by atoms with van der Waals surface area (Å²) in [6.07, 6.45) is 2.07. The SMILES string of the molecule is c1ccc2sc(NCCc3ncon3)nc2c1. The van der Waals surface area contributed by atoms with E-state index in [1.807, 2.05) is 18.2 Å². The number of nitrogens with zero attached hydrogens (tertiary/aromatic N) is 3. The fourth-order valence-electron chi connectivity index (χ4n) is 1.53. The predicted molar refractivity (Wildman–Crippen MR) is 66.1 cm³/mol. The fourth-order valence-corrected chi connectivity index (χ4v) is 2.42. The summed E-state index contributed by atoms with van der Waals surface area (Å²) < 4.78 is 5.85. The standard InChI is InChI=1S/C11H10N4OS/c1-2-4-9-8(3-1)14-11(17-9)12-6-5-10-13-7-16-15-10/h1-4,7H,5-6H2,(H,12,14). The highest BCUT2D eigenvalue weighted by Crippen LogP contribution is 2.25. The van der Waals surface area contributed by atoms with Crippen molar-refractivity contribution in [2.75, 3.05) is 11.9 Å². The predicted octanol–water partition coefficient (Wildman–Crippen LogP) is 2.33. The van der Waals surface area contributed by atoms with Crippen LogP contribution < -0.4 is 5.32 Å². The van der Waals surface area contributed by atoms with E-state index in [9.17, 15) is 0 Å². The Hall–Kier alpha value is -1.95. The summed E-state index contributed by atoms with van der Waals surface area (Å²) in [5, 5.41) is 7.93. The number of nitrogens with one attached hydrogen (secondary N) is 1. The quantitative estimate of drug-likeness (QED) is 0.765. The van der Waals surface area contributed by atoms with Crippen molar-refractivity contribution in [2.45, 2.75) is 6.42 Å². The molecule has 3 aromatic rings. The summed E-state index contributed by atoms with van der Waals surface area (Å²) in [5.74, 6) is 0.707. The molecule has 0 radical (unpaired) electrons. The van der Waals surface area contributed by atoms with Crippen molar-refractivity contribution in [3.05, 3.63) is 36.5 Å². The lowest BCUT2D eigenvalue weighted by atomic mass is 10.3. The Morgan fingerprint density at radius 3 is 3.06 bits per heavy atom. The Bertz CT molecular complexity index is 572. The highest BCUT2D eigenvalue weighted by molar-refractivity contribution is 7.22. The van der Waals surface area contributed by atoms with Gasteiger partial charge in [0, 0.05) is 13.0 Å². The van der Waals surface area contributed by atoms with Crippen molar-refractivity contribution < 1.29 is 4.52 Å². The van der Waals surface area contributed by atoms with Crippen LogP contribution in [-0.2, 0) is 6.42 Å². The summed E-state index contributed by atoms with van der Waals surface area (Å²) in [4.78, 5) is 8.43. The molecule has 0 unspecified atom stereocenters. The van der Waals surface area contributed by atoms with Gasteiger partial charge in [0.1, 0.15) is 0 Å². The number of rotatable bonds is 4. The van der Waals surface area contributed by atoms with Crippen LogP contribution in [0.4, 0.5) is 5.13 Å². The second kappa shape index (κ2) is 4.50. The number of anilines is 1. The molecule has 3 rings (SSSR count). The average molecular weight is 246 g/mol. The monoisotopic (exact) mass is 246 g/mol. The molecule has 1 N–H and O–H groups in total. The van der Waals surface area contributed by atoms with Gasteiger partial charge in [0.25, 0.3) is 0 Å². The number of para-hydroxylation sites is 1. The maximum atomic E-state index is 4.66. The lowest BCUT2D eigenvalue weighted by Crippen LogP contribution is -2.05. The molecule has 0 bridgehead atoms. The molecule has 2 heterocycles. The molecule has 86 valence electrons. The normalized spacial score (nSPS) is 10.8. The number of benzene rings is 1. The Labute approximate surface area is 101 Å². The van der Waals surface area contributed by atoms with Crippen molar-refractivity contribution >= 4 is 26.7 Å². The molecule has 6 heteroatoms. The minimum absolute atomic E-state index is 0.707. The minimum atomic E-state index is 0.707. The molecule has 0 aliphatic heterocycles. The molecule has 17 heavy (non-hydrogen) atoms.